The van der Waals surface area contributed by atoms with Crippen molar-refractivity contribution in [3.8, 4) is 5.75 Å². The molecule has 1 aliphatic rings. The summed E-state index contributed by atoms with van der Waals surface area (Å²) in [6.07, 6.45) is 5.27. The van der Waals surface area contributed by atoms with E-state index in [1.807, 2.05) is 24.3 Å². The van der Waals surface area contributed by atoms with E-state index in [4.69, 9.17) is 21.3 Å². The molecule has 0 unspecified atom stereocenters. The number of nitrogens with zero attached hydrogens (tertiary/aromatic N) is 3. The zero-order valence-corrected chi connectivity index (χ0v) is 16.4. The number of para-hydroxylation sites is 3. The van der Waals surface area contributed by atoms with E-state index in [-0.39, 0.29) is 0 Å². The van der Waals surface area contributed by atoms with Crippen molar-refractivity contribution in [1.82, 2.24) is 14.5 Å². The van der Waals surface area contributed by atoms with Gasteiger partial charge in [-0.25, -0.2) is 4.98 Å². The quantitative estimate of drug-likeness (QED) is 0.590. The van der Waals surface area contributed by atoms with Gasteiger partial charge in [-0.05, 0) is 50.2 Å². The summed E-state index contributed by atoms with van der Waals surface area (Å²) in [6.45, 7) is 4.56. The Morgan fingerprint density at radius 1 is 0.926 bits per heavy atom. The lowest BCUT2D eigenvalue weighted by Crippen LogP contribution is -2.26. The molecule has 0 saturated carbocycles. The Hall–Kier alpha value is -2.04. The van der Waals surface area contributed by atoms with Crippen LogP contribution in [0.25, 0.3) is 11.0 Å². The first-order valence-electron chi connectivity index (χ1n) is 9.85. The van der Waals surface area contributed by atoms with Gasteiger partial charge in [0.05, 0.1) is 29.1 Å². The Labute approximate surface area is 165 Å². The maximum Gasteiger partial charge on any atom is 0.137 e. The number of hydrogen-bond acceptors (Lipinski definition) is 3. The fourth-order valence-electron chi connectivity index (χ4n) is 3.80. The van der Waals surface area contributed by atoms with Crippen molar-refractivity contribution in [2.24, 2.45) is 0 Å². The number of ether oxygens (including phenoxy) is 1. The van der Waals surface area contributed by atoms with E-state index in [0.29, 0.717) is 11.6 Å². The molecule has 2 aromatic carbocycles. The maximum absolute atomic E-state index is 6.20. The number of aromatic nitrogens is 2. The molecule has 0 spiro atoms. The van der Waals surface area contributed by atoms with Crippen LogP contribution in [0.4, 0.5) is 0 Å². The molecule has 3 aromatic rings. The molecular weight excluding hydrogens is 358 g/mol. The van der Waals surface area contributed by atoms with Crippen molar-refractivity contribution in [3.05, 3.63) is 59.4 Å². The molecule has 1 aromatic heterocycles. The molecule has 1 saturated heterocycles. The van der Waals surface area contributed by atoms with E-state index in [9.17, 15) is 0 Å². The second-order valence-corrected chi connectivity index (χ2v) is 7.54. The van der Waals surface area contributed by atoms with Gasteiger partial charge in [-0.3, -0.25) is 4.90 Å². The molecule has 1 aliphatic heterocycles. The number of halogens is 1. The largest absolute Gasteiger partial charge is 0.490 e. The molecule has 0 N–H and O–H groups in total. The van der Waals surface area contributed by atoms with E-state index in [0.717, 1.165) is 30.2 Å². The molecule has 4 nitrogen and oxygen atoms in total. The van der Waals surface area contributed by atoms with Gasteiger partial charge in [0, 0.05) is 0 Å². The van der Waals surface area contributed by atoms with Crippen molar-refractivity contribution in [1.29, 1.82) is 0 Å². The Kier molecular flexibility index (Phi) is 5.95. The highest BCUT2D eigenvalue weighted by atomic mass is 35.5. The van der Waals surface area contributed by atoms with E-state index in [1.165, 1.54) is 44.3 Å². The standard InChI is InChI=1S/C22H26ClN3O/c23-18-9-3-6-12-21(18)27-16-15-26-20-11-5-4-10-19(20)24-22(26)17-25-13-7-1-2-8-14-25/h3-6,9-12H,1-2,7-8,13-17H2. The van der Waals surface area contributed by atoms with Gasteiger partial charge in [0.2, 0.25) is 0 Å². The summed E-state index contributed by atoms with van der Waals surface area (Å²) < 4.78 is 8.23. The van der Waals surface area contributed by atoms with Crippen LogP contribution in [0.2, 0.25) is 5.02 Å². The molecule has 27 heavy (non-hydrogen) atoms. The molecule has 0 radical (unpaired) electrons. The predicted octanol–water partition coefficient (Wildman–Crippen LogP) is 5.14. The fourth-order valence-corrected chi connectivity index (χ4v) is 3.99. The Morgan fingerprint density at radius 3 is 2.48 bits per heavy atom. The van der Waals surface area contributed by atoms with Crippen LogP contribution in [-0.4, -0.2) is 34.1 Å². The van der Waals surface area contributed by atoms with Crippen LogP contribution < -0.4 is 4.74 Å². The number of hydrogen-bond donors (Lipinski definition) is 0. The van der Waals surface area contributed by atoms with Crippen molar-refractivity contribution in [3.63, 3.8) is 0 Å². The summed E-state index contributed by atoms with van der Waals surface area (Å²) in [5, 5.41) is 0.651. The van der Waals surface area contributed by atoms with Gasteiger partial charge < -0.3 is 9.30 Å². The molecule has 142 valence electrons. The molecular formula is C22H26ClN3O. The van der Waals surface area contributed by atoms with Crippen LogP contribution in [-0.2, 0) is 13.1 Å². The second-order valence-electron chi connectivity index (χ2n) is 7.14. The average Bonchev–Trinajstić information content (AvgIpc) is 2.84. The SMILES string of the molecule is Clc1ccccc1OCCn1c(CN2CCCCCC2)nc2ccccc21. The highest BCUT2D eigenvalue weighted by Crippen LogP contribution is 2.24. The van der Waals surface area contributed by atoms with E-state index in [1.54, 1.807) is 0 Å². The highest BCUT2D eigenvalue weighted by Gasteiger charge is 2.16. The van der Waals surface area contributed by atoms with Gasteiger partial charge in [-0.1, -0.05) is 48.7 Å². The number of fused-ring (bicyclic) bond motifs is 1. The summed E-state index contributed by atoms with van der Waals surface area (Å²) in [7, 11) is 0. The van der Waals surface area contributed by atoms with Crippen molar-refractivity contribution in [2.45, 2.75) is 38.8 Å². The van der Waals surface area contributed by atoms with Crippen LogP contribution in [0.5, 0.6) is 5.75 Å². The van der Waals surface area contributed by atoms with Crippen molar-refractivity contribution in [2.75, 3.05) is 19.7 Å². The summed E-state index contributed by atoms with van der Waals surface area (Å²) in [5.74, 6) is 1.86. The van der Waals surface area contributed by atoms with Gasteiger partial charge >= 0.3 is 0 Å². The first kappa shape index (κ1) is 18.3. The van der Waals surface area contributed by atoms with Crippen LogP contribution in [0.15, 0.2) is 48.5 Å². The van der Waals surface area contributed by atoms with Gasteiger partial charge in [-0.2, -0.15) is 0 Å². The molecule has 1 fully saturated rings. The maximum atomic E-state index is 6.20. The topological polar surface area (TPSA) is 30.3 Å². The lowest BCUT2D eigenvalue weighted by Gasteiger charge is -2.20. The zero-order valence-electron chi connectivity index (χ0n) is 15.6. The minimum absolute atomic E-state index is 0.567. The summed E-state index contributed by atoms with van der Waals surface area (Å²) in [6, 6.07) is 16.0. The molecule has 2 heterocycles. The van der Waals surface area contributed by atoms with E-state index >= 15 is 0 Å². The van der Waals surface area contributed by atoms with E-state index < -0.39 is 0 Å². The van der Waals surface area contributed by atoms with Crippen LogP contribution >= 0.6 is 11.6 Å². The van der Waals surface area contributed by atoms with E-state index in [2.05, 4.69) is 33.7 Å². The van der Waals surface area contributed by atoms with Crippen LogP contribution in [0, 0.1) is 0 Å². The third kappa shape index (κ3) is 4.45. The fraction of sp³-hybridized carbons (Fsp3) is 0.409. The number of rotatable bonds is 6. The third-order valence-electron chi connectivity index (χ3n) is 5.21. The Balaban J connectivity index is 1.52. The van der Waals surface area contributed by atoms with Gasteiger partial charge in [0.15, 0.2) is 0 Å². The molecule has 0 amide bonds. The predicted molar refractivity (Wildman–Crippen MR) is 110 cm³/mol. The zero-order chi connectivity index (χ0) is 18.5. The summed E-state index contributed by atoms with van der Waals surface area (Å²) in [4.78, 5) is 7.46. The number of imidazole rings is 1. The van der Waals surface area contributed by atoms with Crippen molar-refractivity contribution >= 4 is 22.6 Å². The highest BCUT2D eigenvalue weighted by molar-refractivity contribution is 6.32. The Bertz CT molecular complexity index is 884. The molecule has 4 rings (SSSR count). The monoisotopic (exact) mass is 383 g/mol. The minimum atomic E-state index is 0.567. The Morgan fingerprint density at radius 2 is 1.67 bits per heavy atom. The molecule has 0 aliphatic carbocycles. The number of benzene rings is 2. The molecule has 0 bridgehead atoms. The smallest absolute Gasteiger partial charge is 0.137 e. The minimum Gasteiger partial charge on any atom is -0.490 e. The number of likely N-dealkylation sites (tertiary alicyclic amines) is 1. The van der Waals surface area contributed by atoms with Gasteiger partial charge in [0.25, 0.3) is 0 Å². The lowest BCUT2D eigenvalue weighted by molar-refractivity contribution is 0.258. The van der Waals surface area contributed by atoms with Gasteiger partial charge in [-0.15, -0.1) is 0 Å². The normalized spacial score (nSPS) is 15.7. The van der Waals surface area contributed by atoms with Crippen LogP contribution in [0.1, 0.15) is 31.5 Å². The summed E-state index contributed by atoms with van der Waals surface area (Å²) >= 11 is 6.20. The second kappa shape index (κ2) is 8.77. The lowest BCUT2D eigenvalue weighted by atomic mass is 10.2. The first-order valence-corrected chi connectivity index (χ1v) is 10.2. The average molecular weight is 384 g/mol. The molecule has 0 atom stereocenters. The first-order chi connectivity index (χ1) is 13.3. The van der Waals surface area contributed by atoms with Crippen molar-refractivity contribution < 1.29 is 4.74 Å². The van der Waals surface area contributed by atoms with Gasteiger partial charge in [0.1, 0.15) is 18.2 Å². The van der Waals surface area contributed by atoms with Crippen LogP contribution in [0.3, 0.4) is 0 Å². The summed E-state index contributed by atoms with van der Waals surface area (Å²) in [5.41, 5.74) is 2.23. The molecule has 5 heteroatoms. The third-order valence-corrected chi connectivity index (χ3v) is 5.52.